The van der Waals surface area contributed by atoms with Gasteiger partial charge in [0.1, 0.15) is 0 Å². The van der Waals surface area contributed by atoms with Crippen molar-refractivity contribution in [3.8, 4) is 0 Å². The Balaban J connectivity index is 1.67. The number of aromatic nitrogens is 3. The Kier molecular flexibility index (Phi) is 7.92. The van der Waals surface area contributed by atoms with Gasteiger partial charge >= 0.3 is 6.03 Å². The molecule has 1 unspecified atom stereocenters. The number of hydrogen-bond donors (Lipinski definition) is 2. The lowest BCUT2D eigenvalue weighted by Crippen LogP contribution is -2.47. The summed E-state index contributed by atoms with van der Waals surface area (Å²) in [5.74, 6) is -2.24. The Bertz CT molecular complexity index is 1580. The summed E-state index contributed by atoms with van der Waals surface area (Å²) in [5, 5.41) is 2.59. The van der Waals surface area contributed by atoms with Crippen LogP contribution in [0.25, 0.3) is 11.0 Å². The summed E-state index contributed by atoms with van der Waals surface area (Å²) in [5.41, 5.74) is 2.19. The third-order valence-electron chi connectivity index (χ3n) is 5.69. The molecule has 3 amide bonds. The van der Waals surface area contributed by atoms with Crippen LogP contribution in [0.5, 0.6) is 0 Å². The molecule has 4 rings (SSSR count). The molecule has 0 aliphatic rings. The molecule has 13 heteroatoms. The highest BCUT2D eigenvalue weighted by molar-refractivity contribution is 7.27. The molecule has 0 aliphatic heterocycles. The van der Waals surface area contributed by atoms with E-state index in [0.29, 0.717) is 17.7 Å². The molecule has 2 N–H and O–H groups in total. The first-order valence-electron chi connectivity index (χ1n) is 11.3. The topological polar surface area (TPSA) is 116 Å². The number of nitrogens with one attached hydrogen (secondary N) is 2. The molecule has 0 saturated carbocycles. The number of amides is 3. The lowest BCUT2D eigenvalue weighted by molar-refractivity contribution is -0.115. The van der Waals surface area contributed by atoms with Gasteiger partial charge in [-0.15, -0.1) is 9.24 Å². The van der Waals surface area contributed by atoms with Crippen molar-refractivity contribution in [2.24, 2.45) is 12.0 Å². The Morgan fingerprint density at radius 3 is 2.74 bits per heavy atom. The first-order chi connectivity index (χ1) is 18.2. The smallest absolute Gasteiger partial charge is 0.324 e. The molecule has 0 spiro atoms. The van der Waals surface area contributed by atoms with Crippen LogP contribution in [0, 0.1) is 11.6 Å². The van der Waals surface area contributed by atoms with Gasteiger partial charge in [-0.25, -0.2) is 23.6 Å². The Morgan fingerprint density at radius 1 is 1.24 bits per heavy atom. The van der Waals surface area contributed by atoms with E-state index in [-0.39, 0.29) is 35.5 Å². The van der Waals surface area contributed by atoms with Gasteiger partial charge < -0.3 is 14.5 Å². The molecular weight excluding hydrogens is 515 g/mol. The summed E-state index contributed by atoms with van der Waals surface area (Å²) in [7, 11) is 5.38. The number of hydrogen-bond acceptors (Lipinski definition) is 5. The van der Waals surface area contributed by atoms with Crippen LogP contribution in [0.4, 0.5) is 19.3 Å². The molecule has 196 valence electrons. The number of carbonyl (C=O) groups excluding carboxylic acids is 2. The second-order valence-electron chi connectivity index (χ2n) is 8.49. The van der Waals surface area contributed by atoms with E-state index in [1.165, 1.54) is 24.2 Å². The average molecular weight is 539 g/mol. The molecule has 38 heavy (non-hydrogen) atoms. The van der Waals surface area contributed by atoms with Crippen LogP contribution in [-0.2, 0) is 24.9 Å². The van der Waals surface area contributed by atoms with E-state index in [1.54, 1.807) is 41.2 Å². The van der Waals surface area contributed by atoms with Crippen molar-refractivity contribution in [3.63, 3.8) is 0 Å². The van der Waals surface area contributed by atoms with Gasteiger partial charge in [0.2, 0.25) is 12.4 Å². The van der Waals surface area contributed by atoms with Crippen LogP contribution in [-0.4, -0.2) is 49.8 Å². The maximum Gasteiger partial charge on any atom is 0.324 e. The predicted molar refractivity (Wildman–Crippen MR) is 142 cm³/mol. The summed E-state index contributed by atoms with van der Waals surface area (Å²) >= 11 is 0. The van der Waals surface area contributed by atoms with E-state index < -0.39 is 17.7 Å². The van der Waals surface area contributed by atoms with Gasteiger partial charge in [0, 0.05) is 31.2 Å². The second-order valence-corrected chi connectivity index (χ2v) is 9.11. The average Bonchev–Trinajstić information content (AvgIpc) is 3.26. The van der Waals surface area contributed by atoms with Crippen LogP contribution in [0.2, 0.25) is 0 Å². The SMILES string of the molecule is CN(Cc1ccc[nH]c1=O)C(=O)NC(=Nc1ccc2ncn(C)c2c1)N(C=O)Cc1cc(F)c(F)c(P)c1. The number of H-pyrrole nitrogens is 1. The van der Waals surface area contributed by atoms with Crippen LogP contribution < -0.4 is 16.2 Å². The summed E-state index contributed by atoms with van der Waals surface area (Å²) in [6, 6.07) is 10.0. The van der Waals surface area contributed by atoms with Gasteiger partial charge in [0.15, 0.2) is 11.6 Å². The Morgan fingerprint density at radius 2 is 2.03 bits per heavy atom. The molecule has 0 aliphatic carbocycles. The first-order valence-corrected chi connectivity index (χ1v) is 11.9. The fraction of sp³-hybridized carbons (Fsp3) is 0.160. The number of guanidine groups is 1. The number of carbonyl (C=O) groups is 2. The van der Waals surface area contributed by atoms with E-state index in [9.17, 15) is 23.2 Å². The summed E-state index contributed by atoms with van der Waals surface area (Å²) in [6.07, 6.45) is 3.55. The fourth-order valence-electron chi connectivity index (χ4n) is 3.69. The van der Waals surface area contributed by atoms with Crippen molar-refractivity contribution >= 4 is 49.7 Å². The summed E-state index contributed by atoms with van der Waals surface area (Å²) in [6.45, 7) is -0.228. The normalized spacial score (nSPS) is 11.4. The maximum atomic E-state index is 14.0. The third-order valence-corrected chi connectivity index (χ3v) is 6.11. The van der Waals surface area contributed by atoms with Gasteiger partial charge in [-0.2, -0.15) is 0 Å². The van der Waals surface area contributed by atoms with Gasteiger partial charge in [0.25, 0.3) is 5.56 Å². The van der Waals surface area contributed by atoms with Gasteiger partial charge in [-0.3, -0.25) is 19.8 Å². The highest BCUT2D eigenvalue weighted by atomic mass is 31.0. The predicted octanol–water partition coefficient (Wildman–Crippen LogP) is 2.53. The van der Waals surface area contributed by atoms with Crippen molar-refractivity contribution in [2.45, 2.75) is 13.1 Å². The van der Waals surface area contributed by atoms with Crippen LogP contribution in [0.15, 0.2) is 64.8 Å². The maximum absolute atomic E-state index is 14.0. The molecule has 1 atom stereocenters. The number of rotatable bonds is 6. The standard InChI is InChI=1S/C25H24F2N7O3P/c1-32(12-16-4-3-7-28-23(16)36)25(37)31-24(30-17-5-6-19-20(10-17)33(2)13-29-19)34(14-35)11-15-8-18(26)22(27)21(38)9-15/h3-10,13-14H,11-12,38H2,1-2H3,(H,28,36)(H,30,31,37). The van der Waals surface area contributed by atoms with Gasteiger partial charge in [-0.05, 0) is 42.0 Å². The third kappa shape index (κ3) is 5.92. The van der Waals surface area contributed by atoms with Crippen molar-refractivity contribution < 1.29 is 18.4 Å². The lowest BCUT2D eigenvalue weighted by Gasteiger charge is -2.24. The molecule has 0 fully saturated rings. The van der Waals surface area contributed by atoms with Crippen LogP contribution in [0.3, 0.4) is 0 Å². The van der Waals surface area contributed by atoms with Crippen molar-refractivity contribution in [1.82, 2.24) is 29.7 Å². The molecule has 0 radical (unpaired) electrons. The van der Waals surface area contributed by atoms with E-state index in [2.05, 4.69) is 29.5 Å². The van der Waals surface area contributed by atoms with Gasteiger partial charge in [0.05, 0.1) is 36.1 Å². The minimum Gasteiger partial charge on any atom is -0.334 e. The number of aromatic amines is 1. The highest BCUT2D eigenvalue weighted by Gasteiger charge is 2.20. The number of nitrogens with zero attached hydrogens (tertiary/aromatic N) is 5. The molecule has 2 aromatic heterocycles. The Hall–Kier alpha value is -4.44. The number of aliphatic imine (C=N–C) groups is 1. The second kappa shape index (κ2) is 11.3. The van der Waals surface area contributed by atoms with E-state index in [4.69, 9.17) is 0 Å². The highest BCUT2D eigenvalue weighted by Crippen LogP contribution is 2.21. The molecule has 0 saturated heterocycles. The number of fused-ring (bicyclic) bond motifs is 1. The summed E-state index contributed by atoms with van der Waals surface area (Å²) in [4.78, 5) is 50.8. The van der Waals surface area contributed by atoms with Crippen molar-refractivity contribution in [2.75, 3.05) is 7.05 Å². The zero-order valence-electron chi connectivity index (χ0n) is 20.5. The lowest BCUT2D eigenvalue weighted by atomic mass is 10.2. The molecule has 4 aromatic rings. The van der Waals surface area contributed by atoms with E-state index >= 15 is 0 Å². The first kappa shape index (κ1) is 26.6. The fourth-order valence-corrected chi connectivity index (χ4v) is 4.04. The molecule has 0 bridgehead atoms. The van der Waals surface area contributed by atoms with Gasteiger partial charge in [-0.1, -0.05) is 6.07 Å². The molecule has 2 aromatic carbocycles. The number of urea groups is 1. The quantitative estimate of drug-likeness (QED) is 0.170. The monoisotopic (exact) mass is 539 g/mol. The minimum atomic E-state index is -1.07. The zero-order valence-corrected chi connectivity index (χ0v) is 21.6. The van der Waals surface area contributed by atoms with Crippen molar-refractivity contribution in [3.05, 3.63) is 88.1 Å². The molecule has 10 nitrogen and oxygen atoms in total. The minimum absolute atomic E-state index is 0.0113. The Labute approximate surface area is 218 Å². The van der Waals surface area contributed by atoms with E-state index in [0.717, 1.165) is 22.0 Å². The van der Waals surface area contributed by atoms with E-state index in [1.807, 2.05) is 7.05 Å². The number of aryl methyl sites for hydroxylation is 1. The number of pyridine rings is 1. The van der Waals surface area contributed by atoms with Crippen LogP contribution >= 0.6 is 9.24 Å². The number of halogens is 2. The summed E-state index contributed by atoms with van der Waals surface area (Å²) < 4.78 is 29.6. The number of benzene rings is 2. The largest absolute Gasteiger partial charge is 0.334 e. The molecule has 2 heterocycles. The number of imidazole rings is 1. The van der Waals surface area contributed by atoms with Crippen molar-refractivity contribution in [1.29, 1.82) is 0 Å². The van der Waals surface area contributed by atoms with Crippen LogP contribution in [0.1, 0.15) is 11.1 Å². The zero-order chi connectivity index (χ0) is 27.4. The molecular formula is C25H24F2N7O3P.